The molecule has 1 unspecified atom stereocenters. The van der Waals surface area contributed by atoms with Crippen LogP contribution in [0.25, 0.3) is 0 Å². The largest absolute Gasteiger partial charge is 0.466 e. The highest BCUT2D eigenvalue weighted by molar-refractivity contribution is 5.75. The molecule has 0 aromatic rings. The Hall–Kier alpha value is -0.940. The van der Waals surface area contributed by atoms with Crippen molar-refractivity contribution in [2.75, 3.05) is 33.8 Å². The smallest absolute Gasteiger partial charge is 0.307 e. The molecule has 0 bridgehead atoms. The molecule has 0 aromatic carbocycles. The second-order valence-corrected chi connectivity index (χ2v) is 3.71. The Kier molecular flexibility index (Phi) is 8.75. The van der Waals surface area contributed by atoms with Gasteiger partial charge in [-0.3, -0.25) is 9.69 Å². The molecule has 0 radical (unpaired) electrons. The number of nitrogens with zero attached hydrogens (tertiary/aromatic N) is 1. The number of hydrogen-bond acceptors (Lipinski definition) is 5. The molecule has 0 fully saturated rings. The maximum Gasteiger partial charge on any atom is 0.307 e. The van der Waals surface area contributed by atoms with E-state index in [1.165, 1.54) is 0 Å². The summed E-state index contributed by atoms with van der Waals surface area (Å²) in [6, 6.07) is -0.391. The molecule has 1 N–H and O–H groups in total. The molecule has 0 amide bonds. The summed E-state index contributed by atoms with van der Waals surface area (Å²) in [7, 11) is 3.67. The van der Waals surface area contributed by atoms with Crippen molar-refractivity contribution in [1.82, 2.24) is 10.2 Å². The fraction of sp³-hybridized carbons (Fsp3) is 0.818. The summed E-state index contributed by atoms with van der Waals surface area (Å²) in [6.45, 7) is 3.86. The molecule has 5 heteroatoms. The van der Waals surface area contributed by atoms with Crippen molar-refractivity contribution < 1.29 is 14.3 Å². The third-order valence-corrected chi connectivity index (χ3v) is 2.28. The standard InChI is InChI=1S/C11H22N2O3/c1-4-7-16-11(15)8-10(9-14)13(3)6-5-12-2/h9-10,12H,4-8H2,1-3H3. The number of carbonyl (C=O) groups is 2. The van der Waals surface area contributed by atoms with Crippen molar-refractivity contribution >= 4 is 12.3 Å². The van der Waals surface area contributed by atoms with E-state index in [4.69, 9.17) is 4.74 Å². The summed E-state index contributed by atoms with van der Waals surface area (Å²) in [6.07, 6.45) is 1.72. The molecule has 0 heterocycles. The van der Waals surface area contributed by atoms with Crippen molar-refractivity contribution in [2.45, 2.75) is 25.8 Å². The molecule has 0 aromatic heterocycles. The lowest BCUT2D eigenvalue weighted by Gasteiger charge is -2.22. The van der Waals surface area contributed by atoms with Crippen LogP contribution in [-0.4, -0.2) is 57.0 Å². The summed E-state index contributed by atoms with van der Waals surface area (Å²) >= 11 is 0. The van der Waals surface area contributed by atoms with Gasteiger partial charge in [-0.2, -0.15) is 0 Å². The van der Waals surface area contributed by atoms with Gasteiger partial charge in [0.2, 0.25) is 0 Å². The highest BCUT2D eigenvalue weighted by Crippen LogP contribution is 2.01. The van der Waals surface area contributed by atoms with Crippen LogP contribution in [0.15, 0.2) is 0 Å². The van der Waals surface area contributed by atoms with Crippen molar-refractivity contribution in [1.29, 1.82) is 0 Å². The van der Waals surface area contributed by atoms with E-state index in [0.717, 1.165) is 25.8 Å². The lowest BCUT2D eigenvalue weighted by atomic mass is 10.2. The Morgan fingerprint density at radius 1 is 1.56 bits per heavy atom. The molecule has 0 saturated heterocycles. The van der Waals surface area contributed by atoms with Crippen LogP contribution in [0, 0.1) is 0 Å². The van der Waals surface area contributed by atoms with E-state index in [9.17, 15) is 9.59 Å². The Balaban J connectivity index is 3.97. The van der Waals surface area contributed by atoms with Gasteiger partial charge >= 0.3 is 5.97 Å². The van der Waals surface area contributed by atoms with E-state index in [-0.39, 0.29) is 12.4 Å². The first-order valence-electron chi connectivity index (χ1n) is 5.61. The van der Waals surface area contributed by atoms with Crippen molar-refractivity contribution in [2.24, 2.45) is 0 Å². The number of nitrogens with one attached hydrogen (secondary N) is 1. The SMILES string of the molecule is CCCOC(=O)CC(C=O)N(C)CCNC. The maximum atomic E-state index is 11.3. The molecule has 0 saturated carbocycles. The lowest BCUT2D eigenvalue weighted by Crippen LogP contribution is -2.39. The van der Waals surface area contributed by atoms with Crippen LogP contribution < -0.4 is 5.32 Å². The fourth-order valence-corrected chi connectivity index (χ4v) is 1.21. The highest BCUT2D eigenvalue weighted by atomic mass is 16.5. The molecule has 5 nitrogen and oxygen atoms in total. The van der Waals surface area contributed by atoms with Gasteiger partial charge < -0.3 is 14.8 Å². The molecule has 16 heavy (non-hydrogen) atoms. The third-order valence-electron chi connectivity index (χ3n) is 2.28. The van der Waals surface area contributed by atoms with Crippen LogP contribution in [-0.2, 0) is 14.3 Å². The van der Waals surface area contributed by atoms with Crippen molar-refractivity contribution in [3.63, 3.8) is 0 Å². The lowest BCUT2D eigenvalue weighted by molar-refractivity contribution is -0.145. The summed E-state index contributed by atoms with van der Waals surface area (Å²) in [5, 5.41) is 2.99. The van der Waals surface area contributed by atoms with Crippen LogP contribution in [0.2, 0.25) is 0 Å². The number of likely N-dealkylation sites (N-methyl/N-ethyl adjacent to an activating group) is 2. The van der Waals surface area contributed by atoms with Gasteiger partial charge in [0, 0.05) is 13.1 Å². The van der Waals surface area contributed by atoms with Crippen LogP contribution in [0.3, 0.4) is 0 Å². The zero-order valence-electron chi connectivity index (χ0n) is 10.4. The first-order chi connectivity index (χ1) is 7.65. The average Bonchev–Trinajstić information content (AvgIpc) is 2.30. The van der Waals surface area contributed by atoms with E-state index >= 15 is 0 Å². The number of aldehydes is 1. The predicted octanol–water partition coefficient (Wildman–Crippen LogP) is 0.0484. The number of esters is 1. The van der Waals surface area contributed by atoms with Crippen molar-refractivity contribution in [3.8, 4) is 0 Å². The maximum absolute atomic E-state index is 11.3. The third kappa shape index (κ3) is 6.53. The molecule has 0 aliphatic carbocycles. The van der Waals surface area contributed by atoms with Gasteiger partial charge in [0.15, 0.2) is 0 Å². The normalized spacial score (nSPS) is 12.5. The first-order valence-corrected chi connectivity index (χ1v) is 5.61. The Labute approximate surface area is 97.1 Å². The zero-order chi connectivity index (χ0) is 12.4. The van der Waals surface area contributed by atoms with Crippen LogP contribution in [0.4, 0.5) is 0 Å². The van der Waals surface area contributed by atoms with Crippen LogP contribution in [0.5, 0.6) is 0 Å². The number of rotatable bonds is 9. The molecule has 0 aliphatic rings. The monoisotopic (exact) mass is 230 g/mol. The van der Waals surface area contributed by atoms with Gasteiger partial charge in [0.05, 0.1) is 19.1 Å². The van der Waals surface area contributed by atoms with Gasteiger partial charge in [-0.25, -0.2) is 0 Å². The summed E-state index contributed by atoms with van der Waals surface area (Å²) in [5.74, 6) is -0.310. The highest BCUT2D eigenvalue weighted by Gasteiger charge is 2.18. The van der Waals surface area contributed by atoms with Crippen LogP contribution >= 0.6 is 0 Å². The van der Waals surface area contributed by atoms with Gasteiger partial charge in [-0.05, 0) is 20.5 Å². The van der Waals surface area contributed by atoms with Gasteiger partial charge in [0.25, 0.3) is 0 Å². The topological polar surface area (TPSA) is 58.6 Å². The zero-order valence-corrected chi connectivity index (χ0v) is 10.4. The summed E-state index contributed by atoms with van der Waals surface area (Å²) < 4.78 is 4.94. The molecule has 0 rings (SSSR count). The van der Waals surface area contributed by atoms with E-state index in [1.54, 1.807) is 0 Å². The summed E-state index contributed by atoms with van der Waals surface area (Å²) in [4.78, 5) is 24.0. The first kappa shape index (κ1) is 15.1. The number of ether oxygens (including phenoxy) is 1. The molecule has 94 valence electrons. The van der Waals surface area contributed by atoms with Gasteiger partial charge in [0.1, 0.15) is 6.29 Å². The minimum absolute atomic E-state index is 0.129. The second-order valence-electron chi connectivity index (χ2n) is 3.71. The Morgan fingerprint density at radius 2 is 2.25 bits per heavy atom. The number of carbonyl (C=O) groups excluding carboxylic acids is 2. The molecule has 1 atom stereocenters. The van der Waals surface area contributed by atoms with E-state index in [2.05, 4.69) is 5.32 Å². The van der Waals surface area contributed by atoms with E-state index in [1.807, 2.05) is 25.9 Å². The van der Waals surface area contributed by atoms with Gasteiger partial charge in [-0.1, -0.05) is 6.92 Å². The van der Waals surface area contributed by atoms with E-state index < -0.39 is 6.04 Å². The quantitative estimate of drug-likeness (QED) is 0.448. The molecule has 0 aliphatic heterocycles. The Bertz CT molecular complexity index is 209. The molecular weight excluding hydrogens is 208 g/mol. The Morgan fingerprint density at radius 3 is 2.75 bits per heavy atom. The molecule has 0 spiro atoms. The number of hydrogen-bond donors (Lipinski definition) is 1. The predicted molar refractivity (Wildman–Crippen MR) is 62.3 cm³/mol. The molecular formula is C11H22N2O3. The minimum atomic E-state index is -0.391. The summed E-state index contributed by atoms with van der Waals surface area (Å²) in [5.41, 5.74) is 0. The fourth-order valence-electron chi connectivity index (χ4n) is 1.21. The van der Waals surface area contributed by atoms with Crippen molar-refractivity contribution in [3.05, 3.63) is 0 Å². The van der Waals surface area contributed by atoms with Gasteiger partial charge in [-0.15, -0.1) is 0 Å². The average molecular weight is 230 g/mol. The minimum Gasteiger partial charge on any atom is -0.466 e. The van der Waals surface area contributed by atoms with E-state index in [0.29, 0.717) is 6.61 Å². The van der Waals surface area contributed by atoms with Crippen LogP contribution in [0.1, 0.15) is 19.8 Å². The second kappa shape index (κ2) is 9.30.